The summed E-state index contributed by atoms with van der Waals surface area (Å²) in [6.07, 6.45) is 4.12. The van der Waals surface area contributed by atoms with Crippen LogP contribution in [-0.2, 0) is 0 Å². The molecule has 0 bridgehead atoms. The summed E-state index contributed by atoms with van der Waals surface area (Å²) in [6.45, 7) is 1.40. The zero-order valence-corrected chi connectivity index (χ0v) is 11.4. The molecule has 1 heterocycles. The predicted octanol–water partition coefficient (Wildman–Crippen LogP) is 2.04. The highest BCUT2D eigenvalue weighted by molar-refractivity contribution is 5.36. The number of nitrogens with zero attached hydrogens (tertiary/aromatic N) is 2. The first-order valence-corrected chi connectivity index (χ1v) is 6.39. The van der Waals surface area contributed by atoms with E-state index in [2.05, 4.69) is 15.3 Å². The lowest BCUT2D eigenvalue weighted by atomic mass is 10.3. The second-order valence-electron chi connectivity index (χ2n) is 4.09. The Morgan fingerprint density at radius 3 is 2.60 bits per heavy atom. The molecule has 2 aromatic rings. The van der Waals surface area contributed by atoms with Gasteiger partial charge in [-0.15, -0.1) is 0 Å². The van der Waals surface area contributed by atoms with Gasteiger partial charge >= 0.3 is 0 Å². The van der Waals surface area contributed by atoms with Crippen LogP contribution in [0.5, 0.6) is 17.2 Å². The van der Waals surface area contributed by atoms with Gasteiger partial charge in [-0.05, 0) is 25.1 Å². The largest absolute Gasteiger partial charge is 0.497 e. The van der Waals surface area contributed by atoms with Gasteiger partial charge in [-0.2, -0.15) is 0 Å². The zero-order valence-electron chi connectivity index (χ0n) is 11.4. The molecule has 0 atom stereocenters. The lowest BCUT2D eigenvalue weighted by Crippen LogP contribution is -2.10. The van der Waals surface area contributed by atoms with Gasteiger partial charge in [0.15, 0.2) is 5.75 Å². The molecule has 106 valence electrons. The molecule has 6 heteroatoms. The van der Waals surface area contributed by atoms with Crippen LogP contribution >= 0.6 is 0 Å². The number of hydrogen-bond donors (Lipinski definition) is 2. The Morgan fingerprint density at radius 1 is 1.15 bits per heavy atom. The number of hydrogen-bond acceptors (Lipinski definition) is 6. The average Bonchev–Trinajstić information content (AvgIpc) is 2.49. The SMILES string of the molecule is COc1cccc(Oc2cnc(NCCCN)nc2)c1. The highest BCUT2D eigenvalue weighted by Gasteiger charge is 2.01. The second-order valence-corrected chi connectivity index (χ2v) is 4.09. The number of nitrogens with one attached hydrogen (secondary N) is 1. The molecule has 0 saturated carbocycles. The van der Waals surface area contributed by atoms with E-state index in [0.717, 1.165) is 18.7 Å². The van der Waals surface area contributed by atoms with Crippen LogP contribution in [0.3, 0.4) is 0 Å². The number of benzene rings is 1. The van der Waals surface area contributed by atoms with Gasteiger partial charge in [0.25, 0.3) is 0 Å². The van der Waals surface area contributed by atoms with Crippen LogP contribution in [0.2, 0.25) is 0 Å². The fourth-order valence-corrected chi connectivity index (χ4v) is 1.56. The van der Waals surface area contributed by atoms with Crippen molar-refractivity contribution in [2.24, 2.45) is 5.73 Å². The molecule has 0 unspecified atom stereocenters. The molecule has 1 aromatic carbocycles. The van der Waals surface area contributed by atoms with Crippen molar-refractivity contribution in [2.75, 3.05) is 25.5 Å². The Labute approximate surface area is 118 Å². The monoisotopic (exact) mass is 274 g/mol. The van der Waals surface area contributed by atoms with Crippen molar-refractivity contribution in [3.63, 3.8) is 0 Å². The molecule has 0 fully saturated rings. The van der Waals surface area contributed by atoms with Crippen LogP contribution in [0.15, 0.2) is 36.7 Å². The molecule has 0 radical (unpaired) electrons. The molecule has 1 aromatic heterocycles. The number of rotatable bonds is 7. The standard InChI is InChI=1S/C14H18N4O2/c1-19-11-4-2-5-12(8-11)20-13-9-17-14(18-10-13)16-7-3-6-15/h2,4-5,8-10H,3,6-7,15H2,1H3,(H,16,17,18). The van der Waals surface area contributed by atoms with Crippen LogP contribution in [0.1, 0.15) is 6.42 Å². The summed E-state index contributed by atoms with van der Waals surface area (Å²) < 4.78 is 10.8. The maximum absolute atomic E-state index is 5.65. The van der Waals surface area contributed by atoms with Gasteiger partial charge in [0.2, 0.25) is 5.95 Å². The first kappa shape index (κ1) is 14.1. The summed E-state index contributed by atoms with van der Waals surface area (Å²) in [4.78, 5) is 8.34. The summed E-state index contributed by atoms with van der Waals surface area (Å²) in [5, 5.41) is 3.08. The Balaban J connectivity index is 1.95. The number of ether oxygens (including phenoxy) is 2. The molecule has 20 heavy (non-hydrogen) atoms. The normalized spacial score (nSPS) is 10.1. The van der Waals surface area contributed by atoms with Gasteiger partial charge in [-0.1, -0.05) is 6.07 Å². The minimum absolute atomic E-state index is 0.566. The minimum atomic E-state index is 0.566. The van der Waals surface area contributed by atoms with E-state index >= 15 is 0 Å². The fraction of sp³-hybridized carbons (Fsp3) is 0.286. The quantitative estimate of drug-likeness (QED) is 0.752. The van der Waals surface area contributed by atoms with Crippen LogP contribution < -0.4 is 20.5 Å². The van der Waals surface area contributed by atoms with Crippen LogP contribution in [0.25, 0.3) is 0 Å². The van der Waals surface area contributed by atoms with E-state index in [9.17, 15) is 0 Å². The van der Waals surface area contributed by atoms with Gasteiger partial charge in [0, 0.05) is 12.6 Å². The number of aromatic nitrogens is 2. The third kappa shape index (κ3) is 4.10. The Kier molecular flexibility index (Phi) is 5.14. The molecule has 3 N–H and O–H groups in total. The summed E-state index contributed by atoms with van der Waals surface area (Å²) in [5.41, 5.74) is 5.42. The zero-order chi connectivity index (χ0) is 14.2. The van der Waals surface area contributed by atoms with E-state index in [4.69, 9.17) is 15.2 Å². The van der Waals surface area contributed by atoms with Crippen molar-refractivity contribution < 1.29 is 9.47 Å². The summed E-state index contributed by atoms with van der Waals surface area (Å²) in [5.74, 6) is 2.55. The summed E-state index contributed by atoms with van der Waals surface area (Å²) >= 11 is 0. The molecule has 0 saturated heterocycles. The fourth-order valence-electron chi connectivity index (χ4n) is 1.56. The first-order valence-electron chi connectivity index (χ1n) is 6.39. The first-order chi connectivity index (χ1) is 9.81. The lowest BCUT2D eigenvalue weighted by molar-refractivity contribution is 0.408. The van der Waals surface area contributed by atoms with Gasteiger partial charge in [0.05, 0.1) is 19.5 Å². The van der Waals surface area contributed by atoms with Crippen LogP contribution in [0, 0.1) is 0 Å². The molecule has 0 aliphatic carbocycles. The minimum Gasteiger partial charge on any atom is -0.497 e. The second kappa shape index (κ2) is 7.30. The van der Waals surface area contributed by atoms with E-state index in [1.807, 2.05) is 18.2 Å². The molecular formula is C14H18N4O2. The number of anilines is 1. The van der Waals surface area contributed by atoms with Gasteiger partial charge in [0.1, 0.15) is 11.5 Å². The van der Waals surface area contributed by atoms with Crippen molar-refractivity contribution in [3.05, 3.63) is 36.7 Å². The van der Waals surface area contributed by atoms with Crippen molar-refractivity contribution in [3.8, 4) is 17.2 Å². The third-order valence-corrected chi connectivity index (χ3v) is 2.57. The van der Waals surface area contributed by atoms with E-state index in [1.54, 1.807) is 25.6 Å². The van der Waals surface area contributed by atoms with E-state index in [-0.39, 0.29) is 0 Å². The van der Waals surface area contributed by atoms with Crippen molar-refractivity contribution in [1.29, 1.82) is 0 Å². The van der Waals surface area contributed by atoms with Crippen molar-refractivity contribution >= 4 is 5.95 Å². The lowest BCUT2D eigenvalue weighted by Gasteiger charge is -2.07. The molecular weight excluding hydrogens is 256 g/mol. The van der Waals surface area contributed by atoms with Crippen LogP contribution in [-0.4, -0.2) is 30.2 Å². The van der Waals surface area contributed by atoms with Gasteiger partial charge < -0.3 is 20.5 Å². The Hall–Kier alpha value is -2.34. The van der Waals surface area contributed by atoms with Gasteiger partial charge in [-0.3, -0.25) is 0 Å². The molecule has 0 aliphatic heterocycles. The topological polar surface area (TPSA) is 82.3 Å². The van der Waals surface area contributed by atoms with E-state index in [0.29, 0.717) is 24.0 Å². The highest BCUT2D eigenvalue weighted by atomic mass is 16.5. The maximum atomic E-state index is 5.65. The van der Waals surface area contributed by atoms with Crippen molar-refractivity contribution in [1.82, 2.24) is 9.97 Å². The molecule has 0 aliphatic rings. The van der Waals surface area contributed by atoms with Crippen molar-refractivity contribution in [2.45, 2.75) is 6.42 Å². The molecule has 0 spiro atoms. The molecule has 6 nitrogen and oxygen atoms in total. The Morgan fingerprint density at radius 2 is 1.90 bits per heavy atom. The smallest absolute Gasteiger partial charge is 0.222 e. The maximum Gasteiger partial charge on any atom is 0.222 e. The molecule has 0 amide bonds. The summed E-state index contributed by atoms with van der Waals surface area (Å²) in [7, 11) is 1.62. The Bertz CT molecular complexity index is 531. The third-order valence-electron chi connectivity index (χ3n) is 2.57. The average molecular weight is 274 g/mol. The summed E-state index contributed by atoms with van der Waals surface area (Å²) in [6, 6.07) is 7.36. The predicted molar refractivity (Wildman–Crippen MR) is 77.3 cm³/mol. The number of methoxy groups -OCH3 is 1. The number of nitrogens with two attached hydrogens (primary N) is 1. The van der Waals surface area contributed by atoms with Gasteiger partial charge in [-0.25, -0.2) is 9.97 Å². The highest BCUT2D eigenvalue weighted by Crippen LogP contribution is 2.24. The molecule has 2 rings (SSSR count). The van der Waals surface area contributed by atoms with E-state index in [1.165, 1.54) is 0 Å². The van der Waals surface area contributed by atoms with Crippen LogP contribution in [0.4, 0.5) is 5.95 Å². The van der Waals surface area contributed by atoms with E-state index < -0.39 is 0 Å².